The fourth-order valence-corrected chi connectivity index (χ4v) is 2.67. The van der Waals surface area contributed by atoms with Crippen LogP contribution in [0.25, 0.3) is 0 Å². The van der Waals surface area contributed by atoms with E-state index in [-0.39, 0.29) is 18.1 Å². The number of carbonyl (C=O) groups is 1. The van der Waals surface area contributed by atoms with Crippen molar-refractivity contribution in [3.05, 3.63) is 22.8 Å². The number of aliphatic hydroxyl groups excluding tert-OH is 1. The SMILES string of the molecule is CCCNc1cc(C(=O)NC2CCC(O)CC2)cc(Cl)n1. The first kappa shape index (κ1) is 16.0. The van der Waals surface area contributed by atoms with Crippen LogP contribution in [0.4, 0.5) is 5.82 Å². The topological polar surface area (TPSA) is 74.2 Å². The molecule has 0 aliphatic heterocycles. The molecule has 0 saturated heterocycles. The van der Waals surface area contributed by atoms with Crippen LogP contribution in [0.1, 0.15) is 49.4 Å². The van der Waals surface area contributed by atoms with Crippen LogP contribution in [0, 0.1) is 0 Å². The van der Waals surface area contributed by atoms with E-state index < -0.39 is 0 Å². The van der Waals surface area contributed by atoms with Crippen LogP contribution in [0.3, 0.4) is 0 Å². The van der Waals surface area contributed by atoms with Gasteiger partial charge < -0.3 is 15.7 Å². The van der Waals surface area contributed by atoms with Gasteiger partial charge in [-0.1, -0.05) is 18.5 Å². The minimum absolute atomic E-state index is 0.125. The van der Waals surface area contributed by atoms with Gasteiger partial charge in [0.05, 0.1) is 6.10 Å². The number of hydrogen-bond donors (Lipinski definition) is 3. The zero-order valence-electron chi connectivity index (χ0n) is 12.2. The Morgan fingerprint density at radius 2 is 2.10 bits per heavy atom. The Morgan fingerprint density at radius 3 is 2.76 bits per heavy atom. The summed E-state index contributed by atoms with van der Waals surface area (Å²) in [5.41, 5.74) is 0.514. The molecule has 1 aromatic heterocycles. The number of nitrogens with one attached hydrogen (secondary N) is 2. The van der Waals surface area contributed by atoms with E-state index in [4.69, 9.17) is 11.6 Å². The number of amides is 1. The second-order valence-electron chi connectivity index (χ2n) is 5.47. The van der Waals surface area contributed by atoms with Gasteiger partial charge in [-0.3, -0.25) is 4.79 Å². The summed E-state index contributed by atoms with van der Waals surface area (Å²) >= 11 is 5.97. The fraction of sp³-hybridized carbons (Fsp3) is 0.600. The van der Waals surface area contributed by atoms with Gasteiger partial charge in [0.25, 0.3) is 5.91 Å². The highest BCUT2D eigenvalue weighted by atomic mass is 35.5. The average Bonchev–Trinajstić information content (AvgIpc) is 2.47. The van der Waals surface area contributed by atoms with E-state index in [2.05, 4.69) is 22.5 Å². The average molecular weight is 312 g/mol. The van der Waals surface area contributed by atoms with Crippen molar-refractivity contribution in [2.75, 3.05) is 11.9 Å². The number of anilines is 1. The highest BCUT2D eigenvalue weighted by molar-refractivity contribution is 6.29. The molecular formula is C15H22ClN3O2. The van der Waals surface area contributed by atoms with Crippen molar-refractivity contribution in [2.24, 2.45) is 0 Å². The molecule has 1 aliphatic rings. The zero-order valence-corrected chi connectivity index (χ0v) is 13.0. The lowest BCUT2D eigenvalue weighted by atomic mass is 9.93. The Kier molecular flexibility index (Phi) is 5.82. The molecule has 5 nitrogen and oxygen atoms in total. The predicted octanol–water partition coefficient (Wildman–Crippen LogP) is 2.59. The maximum Gasteiger partial charge on any atom is 0.251 e. The fourth-order valence-electron chi connectivity index (χ4n) is 2.46. The van der Waals surface area contributed by atoms with Crippen molar-refractivity contribution < 1.29 is 9.90 Å². The number of nitrogens with zero attached hydrogens (tertiary/aromatic N) is 1. The van der Waals surface area contributed by atoms with Gasteiger partial charge in [0.1, 0.15) is 11.0 Å². The minimum Gasteiger partial charge on any atom is -0.393 e. The summed E-state index contributed by atoms with van der Waals surface area (Å²) in [6.45, 7) is 2.84. The predicted molar refractivity (Wildman–Crippen MR) is 83.8 cm³/mol. The normalized spacial score (nSPS) is 21.9. The highest BCUT2D eigenvalue weighted by Crippen LogP contribution is 2.20. The number of pyridine rings is 1. The molecular weight excluding hydrogens is 290 g/mol. The van der Waals surface area contributed by atoms with Gasteiger partial charge in [0.2, 0.25) is 0 Å². The lowest BCUT2D eigenvalue weighted by molar-refractivity contribution is 0.0867. The third-order valence-corrected chi connectivity index (χ3v) is 3.84. The molecule has 116 valence electrons. The molecule has 0 bridgehead atoms. The first-order chi connectivity index (χ1) is 10.1. The van der Waals surface area contributed by atoms with Crippen molar-refractivity contribution in [1.29, 1.82) is 0 Å². The molecule has 1 amide bonds. The van der Waals surface area contributed by atoms with E-state index in [1.165, 1.54) is 0 Å². The molecule has 0 aromatic carbocycles. The third-order valence-electron chi connectivity index (χ3n) is 3.64. The molecule has 1 aromatic rings. The largest absolute Gasteiger partial charge is 0.393 e. The number of rotatable bonds is 5. The molecule has 0 spiro atoms. The third kappa shape index (κ3) is 4.86. The summed E-state index contributed by atoms with van der Waals surface area (Å²) in [6, 6.07) is 3.42. The molecule has 21 heavy (non-hydrogen) atoms. The summed E-state index contributed by atoms with van der Waals surface area (Å²) < 4.78 is 0. The quantitative estimate of drug-likeness (QED) is 0.731. The van der Waals surface area contributed by atoms with Gasteiger partial charge in [-0.2, -0.15) is 0 Å². The molecule has 3 N–H and O–H groups in total. The zero-order chi connectivity index (χ0) is 15.2. The Labute approximate surface area is 130 Å². The van der Waals surface area contributed by atoms with E-state index in [0.717, 1.165) is 38.6 Å². The molecule has 1 fully saturated rings. The molecule has 0 unspecified atom stereocenters. The lowest BCUT2D eigenvalue weighted by Crippen LogP contribution is -2.38. The molecule has 0 atom stereocenters. The Bertz CT molecular complexity index is 488. The monoisotopic (exact) mass is 311 g/mol. The van der Waals surface area contributed by atoms with Gasteiger partial charge >= 0.3 is 0 Å². The van der Waals surface area contributed by atoms with E-state index in [9.17, 15) is 9.90 Å². The minimum atomic E-state index is -0.224. The van der Waals surface area contributed by atoms with Gasteiger partial charge in [0.15, 0.2) is 0 Å². The van der Waals surface area contributed by atoms with Crippen LogP contribution in [-0.4, -0.2) is 34.7 Å². The molecule has 2 rings (SSSR count). The van der Waals surface area contributed by atoms with Crippen molar-refractivity contribution in [3.8, 4) is 0 Å². The number of hydrogen-bond acceptors (Lipinski definition) is 4. The van der Waals surface area contributed by atoms with Crippen LogP contribution >= 0.6 is 11.6 Å². The first-order valence-corrected chi connectivity index (χ1v) is 7.86. The first-order valence-electron chi connectivity index (χ1n) is 7.49. The Morgan fingerprint density at radius 1 is 1.38 bits per heavy atom. The number of halogens is 1. The number of carbonyl (C=O) groups excluding carboxylic acids is 1. The smallest absolute Gasteiger partial charge is 0.251 e. The lowest BCUT2D eigenvalue weighted by Gasteiger charge is -2.26. The van der Waals surface area contributed by atoms with Gasteiger partial charge in [-0.25, -0.2) is 4.98 Å². The number of aliphatic hydroxyl groups is 1. The standard InChI is InChI=1S/C15H22ClN3O2/c1-2-7-17-14-9-10(8-13(16)19-14)15(21)18-11-3-5-12(20)6-4-11/h8-9,11-12,20H,2-7H2,1H3,(H,17,19)(H,18,21). The van der Waals surface area contributed by atoms with Crippen LogP contribution in [0.15, 0.2) is 12.1 Å². The Hall–Kier alpha value is -1.33. The van der Waals surface area contributed by atoms with Crippen LogP contribution in [-0.2, 0) is 0 Å². The molecule has 6 heteroatoms. The van der Waals surface area contributed by atoms with Gasteiger partial charge in [-0.15, -0.1) is 0 Å². The van der Waals surface area contributed by atoms with Crippen molar-refractivity contribution in [3.63, 3.8) is 0 Å². The highest BCUT2D eigenvalue weighted by Gasteiger charge is 2.21. The summed E-state index contributed by atoms with van der Waals surface area (Å²) in [5, 5.41) is 15.9. The van der Waals surface area contributed by atoms with Gasteiger partial charge in [-0.05, 0) is 44.2 Å². The van der Waals surface area contributed by atoms with E-state index in [1.54, 1.807) is 12.1 Å². The molecule has 1 saturated carbocycles. The van der Waals surface area contributed by atoms with E-state index >= 15 is 0 Å². The second kappa shape index (κ2) is 7.61. The van der Waals surface area contributed by atoms with Crippen LogP contribution in [0.5, 0.6) is 0 Å². The molecule has 1 heterocycles. The summed E-state index contributed by atoms with van der Waals surface area (Å²) in [4.78, 5) is 16.4. The second-order valence-corrected chi connectivity index (χ2v) is 5.86. The molecule has 0 radical (unpaired) electrons. The van der Waals surface area contributed by atoms with Gasteiger partial charge in [0, 0.05) is 18.2 Å². The maximum atomic E-state index is 12.3. The summed E-state index contributed by atoms with van der Waals surface area (Å²) in [7, 11) is 0. The summed E-state index contributed by atoms with van der Waals surface area (Å²) in [6.07, 6.45) is 3.86. The van der Waals surface area contributed by atoms with Crippen molar-refractivity contribution in [1.82, 2.24) is 10.3 Å². The van der Waals surface area contributed by atoms with E-state index in [1.807, 2.05) is 0 Å². The summed E-state index contributed by atoms with van der Waals surface area (Å²) in [5.74, 6) is 0.480. The van der Waals surface area contributed by atoms with Crippen LogP contribution in [0.2, 0.25) is 5.15 Å². The Balaban J connectivity index is 1.99. The van der Waals surface area contributed by atoms with Crippen molar-refractivity contribution >= 4 is 23.3 Å². The van der Waals surface area contributed by atoms with E-state index in [0.29, 0.717) is 16.5 Å². The van der Waals surface area contributed by atoms with Crippen molar-refractivity contribution in [2.45, 2.75) is 51.2 Å². The number of aromatic nitrogens is 1. The van der Waals surface area contributed by atoms with Crippen LogP contribution < -0.4 is 10.6 Å². The molecule has 1 aliphatic carbocycles. The maximum absolute atomic E-state index is 12.3.